The number of hydrogen-bond acceptors (Lipinski definition) is 7. The van der Waals surface area contributed by atoms with Gasteiger partial charge in [0.2, 0.25) is 17.7 Å². The maximum atomic E-state index is 13.8. The summed E-state index contributed by atoms with van der Waals surface area (Å²) in [5.74, 6) is 0.797. The van der Waals surface area contributed by atoms with Gasteiger partial charge in [0.25, 0.3) is 5.91 Å². The summed E-state index contributed by atoms with van der Waals surface area (Å²) in [5.41, 5.74) is -0.117. The van der Waals surface area contributed by atoms with E-state index in [1.54, 1.807) is 37.5 Å². The lowest BCUT2D eigenvalue weighted by atomic mass is 9.77. The van der Waals surface area contributed by atoms with Crippen LogP contribution in [0.25, 0.3) is 0 Å². The zero-order valence-electron chi connectivity index (χ0n) is 25.8. The van der Waals surface area contributed by atoms with Gasteiger partial charge in [-0.25, -0.2) is 4.98 Å². The Morgan fingerprint density at radius 1 is 1.07 bits per heavy atom. The van der Waals surface area contributed by atoms with E-state index in [0.29, 0.717) is 75.5 Å². The van der Waals surface area contributed by atoms with Gasteiger partial charge in [0.1, 0.15) is 17.3 Å². The number of aliphatic hydroxyl groups is 1. The second-order valence-electron chi connectivity index (χ2n) is 12.4. The quantitative estimate of drug-likeness (QED) is 0.361. The van der Waals surface area contributed by atoms with Crippen LogP contribution in [0.4, 0.5) is 0 Å². The number of aromatic nitrogens is 1. The molecule has 11 heteroatoms. The lowest BCUT2D eigenvalue weighted by Gasteiger charge is -2.52. The highest BCUT2D eigenvalue weighted by atomic mass is 35.5. The number of amides is 3. The lowest BCUT2D eigenvalue weighted by molar-refractivity contribution is -0.163. The van der Waals surface area contributed by atoms with Crippen LogP contribution in [0.3, 0.4) is 0 Å². The van der Waals surface area contributed by atoms with E-state index in [4.69, 9.17) is 4.74 Å². The minimum Gasteiger partial charge on any atom is -0.439 e. The number of nitrogens with one attached hydrogen (secondary N) is 2. The van der Waals surface area contributed by atoms with E-state index >= 15 is 0 Å². The number of piperidine rings is 1. The molecule has 0 radical (unpaired) electrons. The maximum Gasteiger partial charge on any atom is 0.251 e. The molecular weight excluding hydrogens is 582 g/mol. The summed E-state index contributed by atoms with van der Waals surface area (Å²) >= 11 is 0. The largest absolute Gasteiger partial charge is 0.439 e. The summed E-state index contributed by atoms with van der Waals surface area (Å²) in [4.78, 5) is 47.9. The molecule has 1 saturated carbocycles. The van der Waals surface area contributed by atoms with Crippen LogP contribution in [0.5, 0.6) is 11.6 Å². The van der Waals surface area contributed by atoms with Crippen LogP contribution in [0.2, 0.25) is 0 Å². The molecule has 1 spiro atoms. The molecule has 1 aromatic carbocycles. The number of hydrogen-bond donors (Lipinski definition) is 3. The van der Waals surface area contributed by atoms with E-state index in [9.17, 15) is 19.5 Å². The molecule has 0 bridgehead atoms. The average molecular weight is 628 g/mol. The highest BCUT2D eigenvalue weighted by Gasteiger charge is 2.54. The first-order valence-electron chi connectivity index (χ1n) is 15.8. The van der Waals surface area contributed by atoms with Crippen molar-refractivity contribution < 1.29 is 24.2 Å². The third kappa shape index (κ3) is 7.53. The van der Waals surface area contributed by atoms with Crippen molar-refractivity contribution >= 4 is 30.1 Å². The Balaban J connectivity index is 0.00000442. The minimum atomic E-state index is -0.873. The SMILES string of the molecule is CCCCN1C(=O)[C@@H](CC2(O)CCCCC2)NC(=O)C12CCN(Cc1ccc(Oc3ccc(C(=O)NC)cc3)nc1)CC2.Cl. The van der Waals surface area contributed by atoms with Crippen LogP contribution in [0.1, 0.15) is 87.1 Å². The molecule has 3 aliphatic rings. The number of nitrogens with zero attached hydrogens (tertiary/aromatic N) is 3. The molecule has 1 aromatic heterocycles. The Labute approximate surface area is 266 Å². The van der Waals surface area contributed by atoms with E-state index in [0.717, 1.165) is 37.7 Å². The first kappa shape index (κ1) is 33.7. The first-order valence-corrected chi connectivity index (χ1v) is 15.8. The Morgan fingerprint density at radius 3 is 2.39 bits per heavy atom. The standard InChI is InChI=1S/C33H45N5O5.ClH/c1-3-4-18-38-30(40)27(21-32(42)14-6-5-7-15-32)36-31(41)33(38)16-19-37(20-17-33)23-24-8-13-28(35-22-24)43-26-11-9-25(10-12-26)29(39)34-2;/h8-13,22,27,42H,3-7,14-21,23H2,1-2H3,(H,34,39)(H,36,41);1H/t27-;/m1./s1. The molecule has 44 heavy (non-hydrogen) atoms. The summed E-state index contributed by atoms with van der Waals surface area (Å²) in [6, 6.07) is 10.0. The number of carbonyl (C=O) groups excluding carboxylic acids is 3. The smallest absolute Gasteiger partial charge is 0.251 e. The molecule has 1 aliphatic carbocycles. The monoisotopic (exact) mass is 627 g/mol. The molecule has 3 N–H and O–H groups in total. The molecule has 3 amide bonds. The van der Waals surface area contributed by atoms with Crippen LogP contribution in [-0.4, -0.2) is 81.5 Å². The highest BCUT2D eigenvalue weighted by Crippen LogP contribution is 2.37. The van der Waals surface area contributed by atoms with Gasteiger partial charge in [-0.15, -0.1) is 12.4 Å². The number of rotatable bonds is 10. The Morgan fingerprint density at radius 2 is 1.77 bits per heavy atom. The molecule has 2 aliphatic heterocycles. The summed E-state index contributed by atoms with van der Waals surface area (Å²) in [5, 5.41) is 16.8. The number of benzene rings is 1. The second kappa shape index (κ2) is 14.7. The topological polar surface area (TPSA) is 124 Å². The van der Waals surface area contributed by atoms with Crippen LogP contribution in [0, 0.1) is 0 Å². The third-order valence-electron chi connectivity index (χ3n) is 9.37. The number of halogens is 1. The molecule has 10 nitrogen and oxygen atoms in total. The summed E-state index contributed by atoms with van der Waals surface area (Å²) in [7, 11) is 1.59. The number of likely N-dealkylation sites (tertiary alicyclic amines) is 1. The number of pyridine rings is 1. The van der Waals surface area contributed by atoms with Gasteiger partial charge in [0, 0.05) is 57.5 Å². The van der Waals surface area contributed by atoms with Crippen molar-refractivity contribution in [1.82, 2.24) is 25.4 Å². The van der Waals surface area contributed by atoms with Crippen LogP contribution >= 0.6 is 12.4 Å². The van der Waals surface area contributed by atoms with Crippen LogP contribution in [0.15, 0.2) is 42.6 Å². The van der Waals surface area contributed by atoms with Crippen molar-refractivity contribution in [1.29, 1.82) is 0 Å². The van der Waals surface area contributed by atoms with Gasteiger partial charge in [0.15, 0.2) is 0 Å². The molecule has 240 valence electrons. The van der Waals surface area contributed by atoms with Gasteiger partial charge in [-0.3, -0.25) is 19.3 Å². The van der Waals surface area contributed by atoms with Crippen molar-refractivity contribution in [2.75, 3.05) is 26.7 Å². The van der Waals surface area contributed by atoms with Gasteiger partial charge in [0.05, 0.1) is 5.60 Å². The van der Waals surface area contributed by atoms with Crippen molar-refractivity contribution in [3.05, 3.63) is 53.7 Å². The fourth-order valence-corrected chi connectivity index (χ4v) is 6.79. The number of carbonyl (C=O) groups is 3. The highest BCUT2D eigenvalue weighted by molar-refractivity contribution is 6.00. The van der Waals surface area contributed by atoms with E-state index in [2.05, 4.69) is 27.4 Å². The van der Waals surface area contributed by atoms with Gasteiger partial charge in [-0.05, 0) is 61.9 Å². The lowest BCUT2D eigenvalue weighted by Crippen LogP contribution is -2.73. The molecule has 3 heterocycles. The molecular formula is C33H46ClN5O5. The van der Waals surface area contributed by atoms with Gasteiger partial charge >= 0.3 is 0 Å². The van der Waals surface area contributed by atoms with Crippen LogP contribution < -0.4 is 15.4 Å². The minimum absolute atomic E-state index is 0. The van der Waals surface area contributed by atoms with Gasteiger partial charge in [-0.1, -0.05) is 38.7 Å². The number of ether oxygens (including phenoxy) is 1. The molecule has 5 rings (SSSR count). The number of unbranched alkanes of at least 4 members (excludes halogenated alkanes) is 1. The first-order chi connectivity index (χ1) is 20.7. The van der Waals surface area contributed by atoms with Gasteiger partial charge in [-0.2, -0.15) is 0 Å². The van der Waals surface area contributed by atoms with Crippen LogP contribution in [-0.2, 0) is 16.1 Å². The fourth-order valence-electron chi connectivity index (χ4n) is 6.79. The fraction of sp³-hybridized carbons (Fsp3) is 0.576. The Hall–Kier alpha value is -3.21. The van der Waals surface area contributed by atoms with E-state index < -0.39 is 17.2 Å². The van der Waals surface area contributed by atoms with Crippen molar-refractivity contribution in [3.8, 4) is 11.6 Å². The molecule has 2 aromatic rings. The predicted octanol–water partition coefficient (Wildman–Crippen LogP) is 4.20. The van der Waals surface area contributed by atoms with E-state index in [-0.39, 0.29) is 30.1 Å². The normalized spacial score (nSPS) is 21.3. The van der Waals surface area contributed by atoms with Crippen molar-refractivity contribution in [2.24, 2.45) is 0 Å². The Kier molecular flexibility index (Phi) is 11.3. The zero-order valence-corrected chi connectivity index (χ0v) is 26.7. The molecule has 3 fully saturated rings. The molecule has 0 unspecified atom stereocenters. The average Bonchev–Trinajstić information content (AvgIpc) is 3.02. The zero-order chi connectivity index (χ0) is 30.5. The number of piperazine rings is 1. The molecule has 1 atom stereocenters. The summed E-state index contributed by atoms with van der Waals surface area (Å²) < 4.78 is 5.84. The van der Waals surface area contributed by atoms with E-state index in [1.165, 1.54) is 0 Å². The molecule has 2 saturated heterocycles. The second-order valence-corrected chi connectivity index (χ2v) is 12.4. The summed E-state index contributed by atoms with van der Waals surface area (Å²) in [6.45, 7) is 4.73. The van der Waals surface area contributed by atoms with Crippen molar-refractivity contribution in [3.63, 3.8) is 0 Å². The predicted molar refractivity (Wildman–Crippen MR) is 170 cm³/mol. The van der Waals surface area contributed by atoms with Gasteiger partial charge < -0.3 is 25.4 Å². The maximum absolute atomic E-state index is 13.8. The Bertz CT molecular complexity index is 1270. The van der Waals surface area contributed by atoms with E-state index in [1.807, 2.05) is 17.0 Å². The van der Waals surface area contributed by atoms with Crippen molar-refractivity contribution in [2.45, 2.75) is 94.9 Å². The third-order valence-corrected chi connectivity index (χ3v) is 9.37. The summed E-state index contributed by atoms with van der Waals surface area (Å²) in [6.07, 6.45) is 9.45.